The average Bonchev–Trinajstić information content (AvgIpc) is 2.92. The number of H-pyrrole nitrogens is 1. The van der Waals surface area contributed by atoms with Gasteiger partial charge in [0, 0.05) is 19.5 Å². The van der Waals surface area contributed by atoms with Crippen molar-refractivity contribution in [3.05, 3.63) is 45.0 Å². The maximum absolute atomic E-state index is 11.8. The van der Waals surface area contributed by atoms with Crippen molar-refractivity contribution in [1.82, 2.24) is 9.55 Å². The lowest BCUT2D eigenvalue weighted by Gasteiger charge is -2.16. The Kier molecular flexibility index (Phi) is 3.97. The lowest BCUT2D eigenvalue weighted by molar-refractivity contribution is 0.495. The summed E-state index contributed by atoms with van der Waals surface area (Å²) < 4.78 is 6.45. The first-order chi connectivity index (χ1) is 9.49. The lowest BCUT2D eigenvalue weighted by atomic mass is 10.1. The molecule has 1 atom stereocenters. The SMILES string of the molecule is CC(CCc1ccco1)Nc1c(N)n(C)c(=O)[nH]c1=O. The Bertz CT molecular complexity index is 685. The van der Waals surface area contributed by atoms with Crippen molar-refractivity contribution in [2.75, 3.05) is 11.1 Å². The van der Waals surface area contributed by atoms with Crippen LogP contribution in [0.3, 0.4) is 0 Å². The van der Waals surface area contributed by atoms with Gasteiger partial charge in [-0.15, -0.1) is 0 Å². The molecule has 0 saturated heterocycles. The number of furan rings is 1. The summed E-state index contributed by atoms with van der Waals surface area (Å²) in [5.41, 5.74) is 4.98. The molecule has 0 amide bonds. The van der Waals surface area contributed by atoms with E-state index in [2.05, 4.69) is 10.3 Å². The molecule has 0 aromatic carbocycles. The molecule has 2 rings (SSSR count). The summed E-state index contributed by atoms with van der Waals surface area (Å²) in [6.07, 6.45) is 3.16. The van der Waals surface area contributed by atoms with Crippen molar-refractivity contribution in [2.24, 2.45) is 7.05 Å². The molecule has 0 aliphatic heterocycles. The Morgan fingerprint density at radius 1 is 1.50 bits per heavy atom. The van der Waals surface area contributed by atoms with E-state index in [-0.39, 0.29) is 17.5 Å². The first kappa shape index (κ1) is 14.0. The number of nitrogens with two attached hydrogens (primary N) is 1. The Hall–Kier alpha value is -2.44. The maximum Gasteiger partial charge on any atom is 0.329 e. The molecule has 4 N–H and O–H groups in total. The van der Waals surface area contributed by atoms with E-state index in [1.807, 2.05) is 19.1 Å². The minimum Gasteiger partial charge on any atom is -0.469 e. The van der Waals surface area contributed by atoms with Crippen molar-refractivity contribution in [3.63, 3.8) is 0 Å². The third-order valence-corrected chi connectivity index (χ3v) is 3.16. The number of rotatable bonds is 5. The van der Waals surface area contributed by atoms with E-state index < -0.39 is 11.2 Å². The van der Waals surface area contributed by atoms with E-state index >= 15 is 0 Å². The Morgan fingerprint density at radius 3 is 2.90 bits per heavy atom. The molecule has 0 bridgehead atoms. The van der Waals surface area contributed by atoms with Gasteiger partial charge in [-0.3, -0.25) is 14.3 Å². The van der Waals surface area contributed by atoms with E-state index in [1.165, 1.54) is 11.6 Å². The minimum atomic E-state index is -0.527. The molecule has 1 unspecified atom stereocenters. The van der Waals surface area contributed by atoms with Crippen LogP contribution in [0.25, 0.3) is 0 Å². The zero-order valence-electron chi connectivity index (χ0n) is 11.5. The van der Waals surface area contributed by atoms with Crippen LogP contribution in [-0.4, -0.2) is 15.6 Å². The molecule has 2 aromatic heterocycles. The predicted octanol–water partition coefficient (Wildman–Crippen LogP) is 0.682. The summed E-state index contributed by atoms with van der Waals surface area (Å²) >= 11 is 0. The Balaban J connectivity index is 2.08. The van der Waals surface area contributed by atoms with Gasteiger partial charge in [0.15, 0.2) is 0 Å². The van der Waals surface area contributed by atoms with Crippen LogP contribution < -0.4 is 22.3 Å². The second kappa shape index (κ2) is 5.68. The van der Waals surface area contributed by atoms with Gasteiger partial charge < -0.3 is 15.5 Å². The van der Waals surface area contributed by atoms with Crippen molar-refractivity contribution >= 4 is 11.5 Å². The fraction of sp³-hybridized carbons (Fsp3) is 0.385. The summed E-state index contributed by atoms with van der Waals surface area (Å²) in [5.74, 6) is 1.02. The first-order valence-electron chi connectivity index (χ1n) is 6.36. The molecule has 20 heavy (non-hydrogen) atoms. The molecule has 0 spiro atoms. The maximum atomic E-state index is 11.8. The Morgan fingerprint density at radius 2 is 2.25 bits per heavy atom. The summed E-state index contributed by atoms with van der Waals surface area (Å²) in [6, 6.07) is 3.75. The largest absolute Gasteiger partial charge is 0.469 e. The first-order valence-corrected chi connectivity index (χ1v) is 6.36. The normalized spacial score (nSPS) is 12.3. The quantitative estimate of drug-likeness (QED) is 0.745. The van der Waals surface area contributed by atoms with Gasteiger partial charge in [-0.2, -0.15) is 0 Å². The highest BCUT2D eigenvalue weighted by Crippen LogP contribution is 2.13. The van der Waals surface area contributed by atoms with Crippen LogP contribution in [0.5, 0.6) is 0 Å². The number of hydrogen-bond acceptors (Lipinski definition) is 5. The number of anilines is 2. The zero-order chi connectivity index (χ0) is 14.7. The van der Waals surface area contributed by atoms with Crippen LogP contribution >= 0.6 is 0 Å². The number of nitrogens with one attached hydrogen (secondary N) is 2. The summed E-state index contributed by atoms with van der Waals surface area (Å²) in [6.45, 7) is 1.94. The van der Waals surface area contributed by atoms with Crippen LogP contribution in [0.1, 0.15) is 19.1 Å². The van der Waals surface area contributed by atoms with Crippen molar-refractivity contribution < 1.29 is 4.42 Å². The molecule has 2 aromatic rings. The number of aromatic nitrogens is 2. The van der Waals surface area contributed by atoms with Crippen LogP contribution in [0, 0.1) is 0 Å². The van der Waals surface area contributed by atoms with E-state index in [0.29, 0.717) is 0 Å². The topological polar surface area (TPSA) is 106 Å². The number of nitrogens with zero attached hydrogens (tertiary/aromatic N) is 1. The standard InChI is InChI=1S/C13H18N4O3/c1-8(5-6-9-4-3-7-20-9)15-10-11(14)17(2)13(19)16-12(10)18/h3-4,7-8,15H,5-6,14H2,1-2H3,(H,16,18,19). The number of hydrogen-bond donors (Lipinski definition) is 3. The van der Waals surface area contributed by atoms with E-state index in [0.717, 1.165) is 18.6 Å². The molecule has 0 fully saturated rings. The summed E-state index contributed by atoms with van der Waals surface area (Å²) in [7, 11) is 1.51. The minimum absolute atomic E-state index is 0.0148. The van der Waals surface area contributed by atoms with Crippen LogP contribution in [0.2, 0.25) is 0 Å². The van der Waals surface area contributed by atoms with Crippen LogP contribution in [-0.2, 0) is 13.5 Å². The van der Waals surface area contributed by atoms with Crippen LogP contribution in [0.15, 0.2) is 32.4 Å². The van der Waals surface area contributed by atoms with E-state index in [9.17, 15) is 9.59 Å². The molecule has 2 heterocycles. The van der Waals surface area contributed by atoms with Gasteiger partial charge in [-0.05, 0) is 25.5 Å². The van der Waals surface area contributed by atoms with Gasteiger partial charge in [0.25, 0.3) is 5.56 Å². The molecule has 0 radical (unpaired) electrons. The monoisotopic (exact) mass is 278 g/mol. The van der Waals surface area contributed by atoms with E-state index in [4.69, 9.17) is 10.2 Å². The van der Waals surface area contributed by atoms with Crippen molar-refractivity contribution in [2.45, 2.75) is 25.8 Å². The van der Waals surface area contributed by atoms with Gasteiger partial charge in [0.1, 0.15) is 17.3 Å². The summed E-state index contributed by atoms with van der Waals surface area (Å²) in [5, 5.41) is 3.04. The van der Waals surface area contributed by atoms with E-state index in [1.54, 1.807) is 6.26 Å². The predicted molar refractivity (Wildman–Crippen MR) is 76.8 cm³/mol. The second-order valence-corrected chi connectivity index (χ2v) is 4.74. The van der Waals surface area contributed by atoms with Gasteiger partial charge >= 0.3 is 5.69 Å². The fourth-order valence-electron chi connectivity index (χ4n) is 1.91. The molecule has 0 saturated carbocycles. The third kappa shape index (κ3) is 2.93. The average molecular weight is 278 g/mol. The van der Waals surface area contributed by atoms with Gasteiger partial charge in [-0.25, -0.2) is 4.79 Å². The van der Waals surface area contributed by atoms with Gasteiger partial charge in [-0.1, -0.05) is 0 Å². The third-order valence-electron chi connectivity index (χ3n) is 3.16. The number of aromatic amines is 1. The van der Waals surface area contributed by atoms with Gasteiger partial charge in [0.05, 0.1) is 6.26 Å². The molecular formula is C13H18N4O3. The molecule has 0 aliphatic rings. The molecule has 108 valence electrons. The number of aryl methyl sites for hydroxylation is 1. The molecular weight excluding hydrogens is 260 g/mol. The Labute approximate surface area is 115 Å². The molecule has 7 nitrogen and oxygen atoms in total. The van der Waals surface area contributed by atoms with Crippen molar-refractivity contribution in [3.8, 4) is 0 Å². The zero-order valence-corrected chi connectivity index (χ0v) is 11.5. The summed E-state index contributed by atoms with van der Waals surface area (Å²) in [4.78, 5) is 25.3. The van der Waals surface area contributed by atoms with Gasteiger partial charge in [0.2, 0.25) is 0 Å². The highest BCUT2D eigenvalue weighted by molar-refractivity contribution is 5.60. The smallest absolute Gasteiger partial charge is 0.329 e. The highest BCUT2D eigenvalue weighted by atomic mass is 16.3. The van der Waals surface area contributed by atoms with Crippen LogP contribution in [0.4, 0.5) is 11.5 Å². The second-order valence-electron chi connectivity index (χ2n) is 4.74. The fourth-order valence-corrected chi connectivity index (χ4v) is 1.91. The number of nitrogen functional groups attached to an aromatic ring is 1. The lowest BCUT2D eigenvalue weighted by Crippen LogP contribution is -2.34. The molecule has 0 aliphatic carbocycles. The molecule has 7 heteroatoms. The highest BCUT2D eigenvalue weighted by Gasteiger charge is 2.12. The van der Waals surface area contributed by atoms with Crippen molar-refractivity contribution in [1.29, 1.82) is 0 Å².